The molecule has 3 rings (SSSR count). The molecule has 0 fully saturated rings. The SMILES string of the molecule is CCCCNC(=O)[C@H](Cc1ccccc1)N(Cc1cccc(OC)c1)C(=O)CCCN(c1cccc(C(F)(F)F)c1)S(C)(=O)=O. The predicted octanol–water partition coefficient (Wildman–Crippen LogP) is 5.82. The number of anilines is 1. The number of unbranched alkanes of at least 4 members (excludes halogenated alkanes) is 1. The Balaban J connectivity index is 1.90. The van der Waals surface area contributed by atoms with Gasteiger partial charge in [0.2, 0.25) is 21.8 Å². The summed E-state index contributed by atoms with van der Waals surface area (Å²) in [5, 5.41) is 2.94. The number of hydrogen-bond acceptors (Lipinski definition) is 5. The average molecular weight is 648 g/mol. The van der Waals surface area contributed by atoms with E-state index in [1.54, 1.807) is 18.2 Å². The van der Waals surface area contributed by atoms with Crippen LogP contribution in [0.15, 0.2) is 78.9 Å². The first-order chi connectivity index (χ1) is 21.3. The molecule has 244 valence electrons. The Morgan fingerprint density at radius 1 is 0.933 bits per heavy atom. The summed E-state index contributed by atoms with van der Waals surface area (Å²) in [5.41, 5.74) is 0.450. The summed E-state index contributed by atoms with van der Waals surface area (Å²) in [5.74, 6) is -0.135. The smallest absolute Gasteiger partial charge is 0.416 e. The fourth-order valence-electron chi connectivity index (χ4n) is 4.87. The van der Waals surface area contributed by atoms with Gasteiger partial charge in [-0.3, -0.25) is 13.9 Å². The lowest BCUT2D eigenvalue weighted by Crippen LogP contribution is -2.50. The first kappa shape index (κ1) is 35.4. The zero-order valence-electron chi connectivity index (χ0n) is 25.7. The highest BCUT2D eigenvalue weighted by Crippen LogP contribution is 2.32. The van der Waals surface area contributed by atoms with E-state index < -0.39 is 33.7 Å². The van der Waals surface area contributed by atoms with E-state index in [0.29, 0.717) is 12.3 Å². The molecule has 1 N–H and O–H groups in total. The number of alkyl halides is 3. The minimum atomic E-state index is -4.65. The Labute approximate surface area is 263 Å². The van der Waals surface area contributed by atoms with E-state index in [2.05, 4.69) is 5.32 Å². The van der Waals surface area contributed by atoms with E-state index in [9.17, 15) is 31.2 Å². The van der Waals surface area contributed by atoms with Crippen molar-refractivity contribution < 1.29 is 35.9 Å². The maximum absolute atomic E-state index is 13.9. The predicted molar refractivity (Wildman–Crippen MR) is 168 cm³/mol. The first-order valence-corrected chi connectivity index (χ1v) is 16.6. The average Bonchev–Trinajstić information content (AvgIpc) is 3.00. The molecule has 0 unspecified atom stereocenters. The third kappa shape index (κ3) is 10.8. The highest BCUT2D eigenvalue weighted by atomic mass is 32.2. The van der Waals surface area contributed by atoms with Crippen molar-refractivity contribution in [3.05, 3.63) is 95.6 Å². The van der Waals surface area contributed by atoms with Crippen LogP contribution >= 0.6 is 0 Å². The number of ether oxygens (including phenoxy) is 1. The molecule has 0 radical (unpaired) electrons. The van der Waals surface area contributed by atoms with Crippen molar-refractivity contribution in [1.82, 2.24) is 10.2 Å². The molecule has 0 aromatic heterocycles. The van der Waals surface area contributed by atoms with Gasteiger partial charge in [0.15, 0.2) is 0 Å². The van der Waals surface area contributed by atoms with Gasteiger partial charge in [0.25, 0.3) is 0 Å². The van der Waals surface area contributed by atoms with E-state index in [1.165, 1.54) is 18.1 Å². The molecule has 0 saturated carbocycles. The second-order valence-corrected chi connectivity index (χ2v) is 12.6. The number of nitrogens with zero attached hydrogens (tertiary/aromatic N) is 2. The summed E-state index contributed by atoms with van der Waals surface area (Å²) >= 11 is 0. The summed E-state index contributed by atoms with van der Waals surface area (Å²) in [7, 11) is -2.45. The molecular formula is C33H40F3N3O5S. The molecule has 0 aliphatic rings. The molecule has 0 heterocycles. The second-order valence-electron chi connectivity index (χ2n) is 10.7. The van der Waals surface area contributed by atoms with Crippen molar-refractivity contribution in [2.75, 3.05) is 30.8 Å². The van der Waals surface area contributed by atoms with Gasteiger partial charge in [0.05, 0.1) is 24.6 Å². The molecule has 12 heteroatoms. The Morgan fingerprint density at radius 3 is 2.27 bits per heavy atom. The summed E-state index contributed by atoms with van der Waals surface area (Å²) in [6.45, 7) is 2.30. The fourth-order valence-corrected chi connectivity index (χ4v) is 5.83. The van der Waals surface area contributed by atoms with Crippen molar-refractivity contribution in [1.29, 1.82) is 0 Å². The molecule has 0 bridgehead atoms. The number of sulfonamides is 1. The van der Waals surface area contributed by atoms with E-state index >= 15 is 0 Å². The van der Waals surface area contributed by atoms with Gasteiger partial charge in [-0.15, -0.1) is 0 Å². The molecule has 2 amide bonds. The van der Waals surface area contributed by atoms with Crippen molar-refractivity contribution in [2.45, 2.75) is 57.8 Å². The van der Waals surface area contributed by atoms with Crippen LogP contribution in [0.3, 0.4) is 0 Å². The van der Waals surface area contributed by atoms with Crippen LogP contribution in [0.1, 0.15) is 49.3 Å². The van der Waals surface area contributed by atoms with Gasteiger partial charge in [0, 0.05) is 32.5 Å². The van der Waals surface area contributed by atoms with Crippen molar-refractivity contribution in [3.63, 3.8) is 0 Å². The number of benzene rings is 3. The van der Waals surface area contributed by atoms with Crippen molar-refractivity contribution >= 4 is 27.5 Å². The number of carbonyl (C=O) groups excluding carboxylic acids is 2. The normalized spacial score (nSPS) is 12.3. The molecule has 1 atom stereocenters. The molecule has 0 aliphatic carbocycles. The largest absolute Gasteiger partial charge is 0.497 e. The van der Waals surface area contributed by atoms with Gasteiger partial charge in [-0.05, 0) is 54.3 Å². The van der Waals surface area contributed by atoms with Gasteiger partial charge in [-0.1, -0.05) is 61.9 Å². The maximum atomic E-state index is 13.9. The van der Waals surface area contributed by atoms with Crippen molar-refractivity contribution in [3.8, 4) is 5.75 Å². The summed E-state index contributed by atoms with van der Waals surface area (Å²) < 4.78 is 71.4. The topological polar surface area (TPSA) is 96.0 Å². The quantitative estimate of drug-likeness (QED) is 0.198. The van der Waals surface area contributed by atoms with Crippen LogP contribution < -0.4 is 14.4 Å². The van der Waals surface area contributed by atoms with Gasteiger partial charge in [-0.25, -0.2) is 8.42 Å². The Hall–Kier alpha value is -4.06. The van der Waals surface area contributed by atoms with Crippen LogP contribution in [-0.4, -0.2) is 57.6 Å². The summed E-state index contributed by atoms with van der Waals surface area (Å²) in [4.78, 5) is 29.0. The van der Waals surface area contributed by atoms with E-state index in [0.717, 1.165) is 52.7 Å². The van der Waals surface area contributed by atoms with Crippen LogP contribution in [0, 0.1) is 0 Å². The first-order valence-electron chi connectivity index (χ1n) is 14.7. The number of methoxy groups -OCH3 is 1. The van der Waals surface area contributed by atoms with Crippen LogP contribution in [-0.2, 0) is 38.8 Å². The lowest BCUT2D eigenvalue weighted by molar-refractivity contribution is -0.141. The van der Waals surface area contributed by atoms with Crippen LogP contribution in [0.25, 0.3) is 0 Å². The Morgan fingerprint density at radius 2 is 1.62 bits per heavy atom. The van der Waals surface area contributed by atoms with Crippen LogP contribution in [0.5, 0.6) is 5.75 Å². The zero-order valence-corrected chi connectivity index (χ0v) is 26.5. The lowest BCUT2D eigenvalue weighted by atomic mass is 10.0. The zero-order chi connectivity index (χ0) is 33.0. The minimum absolute atomic E-state index is 0.00622. The Bertz CT molecular complexity index is 1520. The minimum Gasteiger partial charge on any atom is -0.497 e. The van der Waals surface area contributed by atoms with E-state index in [1.807, 2.05) is 43.3 Å². The number of amides is 2. The van der Waals surface area contributed by atoms with Gasteiger partial charge < -0.3 is 15.0 Å². The molecule has 0 spiro atoms. The van der Waals surface area contributed by atoms with E-state index in [-0.39, 0.29) is 43.9 Å². The van der Waals surface area contributed by atoms with Crippen LogP contribution in [0.2, 0.25) is 0 Å². The number of nitrogens with one attached hydrogen (secondary N) is 1. The van der Waals surface area contributed by atoms with Crippen molar-refractivity contribution in [2.24, 2.45) is 0 Å². The fraction of sp³-hybridized carbons (Fsp3) is 0.394. The lowest BCUT2D eigenvalue weighted by Gasteiger charge is -2.32. The summed E-state index contributed by atoms with van der Waals surface area (Å²) in [6, 6.07) is 19.6. The third-order valence-electron chi connectivity index (χ3n) is 7.20. The van der Waals surface area contributed by atoms with Gasteiger partial charge in [0.1, 0.15) is 11.8 Å². The number of rotatable bonds is 16. The molecule has 3 aromatic carbocycles. The molecular weight excluding hydrogens is 607 g/mol. The monoisotopic (exact) mass is 647 g/mol. The maximum Gasteiger partial charge on any atom is 0.416 e. The third-order valence-corrected chi connectivity index (χ3v) is 8.40. The molecule has 0 aliphatic heterocycles. The van der Waals surface area contributed by atoms with Gasteiger partial charge in [-0.2, -0.15) is 13.2 Å². The molecule has 3 aromatic rings. The number of carbonyl (C=O) groups is 2. The van der Waals surface area contributed by atoms with E-state index in [4.69, 9.17) is 4.74 Å². The molecule has 45 heavy (non-hydrogen) atoms. The highest BCUT2D eigenvalue weighted by Gasteiger charge is 2.32. The number of hydrogen-bond donors (Lipinski definition) is 1. The number of halogens is 3. The standard InChI is InChI=1S/C33H40F3N3O5S/c1-4-5-19-37-32(41)30(22-25-12-7-6-8-13-25)38(24-26-14-9-17-29(21-26)44-2)31(40)18-11-20-39(45(3,42)43)28-16-10-15-27(23-28)33(34,35)36/h6-10,12-17,21,23,30H,4-5,11,18-20,22,24H2,1-3H3,(H,37,41)/t30-/m0/s1. The highest BCUT2D eigenvalue weighted by molar-refractivity contribution is 7.92. The Kier molecular flexibility index (Phi) is 12.8. The van der Waals surface area contributed by atoms with Gasteiger partial charge >= 0.3 is 6.18 Å². The molecule has 0 saturated heterocycles. The molecule has 8 nitrogen and oxygen atoms in total. The second kappa shape index (κ2) is 16.3. The summed E-state index contributed by atoms with van der Waals surface area (Å²) in [6.07, 6.45) is -2.01. The van der Waals surface area contributed by atoms with Crippen LogP contribution in [0.4, 0.5) is 18.9 Å².